The molecule has 7 heteroatoms. The van der Waals surface area contributed by atoms with Crippen molar-refractivity contribution in [2.75, 3.05) is 7.11 Å². The Balaban J connectivity index is 1.77. The molecule has 0 unspecified atom stereocenters. The van der Waals surface area contributed by atoms with Gasteiger partial charge >= 0.3 is 0 Å². The first-order valence-electron chi connectivity index (χ1n) is 13.5. The van der Waals surface area contributed by atoms with Crippen molar-refractivity contribution in [2.24, 2.45) is 0 Å². The van der Waals surface area contributed by atoms with E-state index in [2.05, 4.69) is 29.0 Å². The Morgan fingerprint density at radius 3 is 1.74 bits per heavy atom. The Kier molecular flexibility index (Phi) is 9.08. The van der Waals surface area contributed by atoms with Gasteiger partial charge in [-0.2, -0.15) is 0 Å². The molecule has 1 N–H and O–H groups in total. The van der Waals surface area contributed by atoms with Crippen LogP contribution in [0, 0.1) is 6.92 Å². The highest BCUT2D eigenvalue weighted by molar-refractivity contribution is 8.22. The molecule has 0 heterocycles. The van der Waals surface area contributed by atoms with Crippen LogP contribution in [0.4, 0.5) is 0 Å². The van der Waals surface area contributed by atoms with E-state index in [0.29, 0.717) is 5.70 Å². The molecule has 4 nitrogen and oxygen atoms in total. The minimum absolute atomic E-state index is 0.196. The summed E-state index contributed by atoms with van der Waals surface area (Å²) in [6, 6.07) is 41.9. The Morgan fingerprint density at radius 1 is 0.738 bits per heavy atom. The summed E-state index contributed by atoms with van der Waals surface area (Å²) in [6.45, 7) is 1.93. The average molecular weight is 610 g/mol. The third-order valence-electron chi connectivity index (χ3n) is 7.11. The molecule has 0 fully saturated rings. The number of allylic oxidation sites excluding steroid dienone is 1. The summed E-state index contributed by atoms with van der Waals surface area (Å²) in [5.74, 6) is 0.734. The molecule has 0 aliphatic carbocycles. The highest BCUT2D eigenvalue weighted by Crippen LogP contribution is 2.59. The molecule has 0 saturated heterocycles. The van der Waals surface area contributed by atoms with Crippen LogP contribution in [0.1, 0.15) is 22.3 Å². The lowest BCUT2D eigenvalue weighted by Gasteiger charge is -2.32. The van der Waals surface area contributed by atoms with E-state index in [1.807, 2.05) is 104 Å². The van der Waals surface area contributed by atoms with E-state index < -0.39 is 16.1 Å². The zero-order valence-electron chi connectivity index (χ0n) is 23.4. The van der Waals surface area contributed by atoms with E-state index in [0.717, 1.165) is 33.0 Å². The molecule has 5 aromatic rings. The number of sulfonamides is 1. The van der Waals surface area contributed by atoms with Gasteiger partial charge < -0.3 is 4.74 Å². The van der Waals surface area contributed by atoms with Gasteiger partial charge in [-0.05, 0) is 59.0 Å². The quantitative estimate of drug-likeness (QED) is 0.170. The Bertz CT molecular complexity index is 1760. The molecular weight excluding hydrogens is 577 g/mol. The first kappa shape index (κ1) is 29.5. The number of hydrogen-bond acceptors (Lipinski definition) is 4. The summed E-state index contributed by atoms with van der Waals surface area (Å²) < 4.78 is 35.8. The molecule has 5 aromatic carbocycles. The van der Waals surface area contributed by atoms with Gasteiger partial charge in [-0.3, -0.25) is 4.72 Å². The number of aryl methyl sites for hydroxylation is 1. The summed E-state index contributed by atoms with van der Waals surface area (Å²) in [5.41, 5.74) is 2.82. The van der Waals surface area contributed by atoms with Gasteiger partial charge in [-0.15, -0.1) is 0 Å². The smallest absolute Gasteiger partial charge is 0.261 e. The highest BCUT2D eigenvalue weighted by Gasteiger charge is 2.33. The Labute approximate surface area is 253 Å². The number of benzene rings is 5. The fraction of sp³-hybridized carbons (Fsp3) is 0.0857. The second-order valence-electron chi connectivity index (χ2n) is 9.91. The summed E-state index contributed by atoms with van der Waals surface area (Å²) >= 11 is 6.78. The maximum Gasteiger partial charge on any atom is 0.261 e. The molecule has 0 aliphatic heterocycles. The van der Waals surface area contributed by atoms with Gasteiger partial charge in [-0.25, -0.2) is 8.42 Å². The number of nitrogens with one attached hydrogen (secondary N) is 1. The first-order valence-corrected chi connectivity index (χ1v) is 17.9. The van der Waals surface area contributed by atoms with Crippen molar-refractivity contribution < 1.29 is 13.2 Å². The molecular formula is C35H32NO3PS2. The van der Waals surface area contributed by atoms with Gasteiger partial charge in [-0.1, -0.05) is 133 Å². The van der Waals surface area contributed by atoms with E-state index in [1.165, 1.54) is 0 Å². The maximum atomic E-state index is 13.7. The molecule has 0 bridgehead atoms. The Morgan fingerprint density at radius 2 is 1.24 bits per heavy atom. The van der Waals surface area contributed by atoms with Gasteiger partial charge in [0.15, 0.2) is 0 Å². The number of ether oxygens (including phenoxy) is 1. The minimum atomic E-state index is -3.90. The van der Waals surface area contributed by atoms with E-state index in [1.54, 1.807) is 31.4 Å². The number of rotatable bonds is 10. The second kappa shape index (κ2) is 12.9. The molecule has 5 rings (SSSR count). The Hall–Kier alpha value is -3.96. The van der Waals surface area contributed by atoms with Crippen molar-refractivity contribution >= 4 is 44.2 Å². The molecule has 0 saturated carbocycles. The third kappa shape index (κ3) is 6.42. The summed E-state index contributed by atoms with van der Waals surface area (Å²) in [5, 5.41) is 2.08. The summed E-state index contributed by atoms with van der Waals surface area (Å²) in [4.78, 5) is 0.196. The SMILES string of the molecule is COc1ccc([C@@H](/C=C(\NS(=O)(=O)c2ccc(C)cc2)c2ccccc2)P(=S)(c2ccccc2)c2ccccc2)cc1. The fourth-order valence-electron chi connectivity index (χ4n) is 4.87. The topological polar surface area (TPSA) is 55.4 Å². The predicted molar refractivity (Wildman–Crippen MR) is 178 cm³/mol. The van der Waals surface area contributed by atoms with Crippen LogP contribution in [0.25, 0.3) is 5.70 Å². The molecule has 0 aromatic heterocycles. The lowest BCUT2D eigenvalue weighted by molar-refractivity contribution is 0.414. The maximum absolute atomic E-state index is 13.7. The van der Waals surface area contributed by atoms with Crippen LogP contribution in [0.3, 0.4) is 0 Å². The van der Waals surface area contributed by atoms with E-state index in [9.17, 15) is 8.42 Å². The molecule has 42 heavy (non-hydrogen) atoms. The van der Waals surface area contributed by atoms with E-state index >= 15 is 0 Å². The second-order valence-corrected chi connectivity index (χ2v) is 16.2. The lowest BCUT2D eigenvalue weighted by Crippen LogP contribution is -2.25. The molecule has 0 aliphatic rings. The monoisotopic (exact) mass is 609 g/mol. The van der Waals surface area contributed by atoms with Crippen LogP contribution in [-0.2, 0) is 21.8 Å². The summed E-state index contributed by atoms with van der Waals surface area (Å²) in [6.07, 6.45) is 2.00. The molecule has 1 atom stereocenters. The molecule has 0 radical (unpaired) electrons. The van der Waals surface area contributed by atoms with E-state index in [4.69, 9.17) is 16.5 Å². The van der Waals surface area contributed by atoms with Gasteiger partial charge in [0.25, 0.3) is 10.0 Å². The van der Waals surface area contributed by atoms with Gasteiger partial charge in [0, 0.05) is 11.7 Å². The molecule has 0 amide bonds. The lowest BCUT2D eigenvalue weighted by atomic mass is 10.1. The predicted octanol–water partition coefficient (Wildman–Crippen LogP) is 7.19. The number of hydrogen-bond donors (Lipinski definition) is 1. The standard InChI is InChI=1S/C35H32NO3PS2/c1-27-18-24-33(25-19-27)42(37,38)36-34(28-12-6-3-7-13-28)26-35(29-20-22-30(39-2)23-21-29)40(41,31-14-8-4-9-15-31)32-16-10-5-11-17-32/h3-26,35-36H,1-2H3/b34-26-/t35-/m1/s1. The van der Waals surface area contributed by atoms with Crippen molar-refractivity contribution in [1.82, 2.24) is 4.72 Å². The van der Waals surface area contributed by atoms with E-state index in [-0.39, 0.29) is 10.6 Å². The van der Waals surface area contributed by atoms with Gasteiger partial charge in [0.1, 0.15) is 5.75 Å². The van der Waals surface area contributed by atoms with Crippen LogP contribution < -0.4 is 20.1 Å². The first-order chi connectivity index (χ1) is 20.3. The molecule has 212 valence electrons. The van der Waals surface area contributed by atoms with Gasteiger partial charge in [0.2, 0.25) is 0 Å². The van der Waals surface area contributed by atoms with Crippen molar-refractivity contribution in [3.8, 4) is 5.75 Å². The van der Waals surface area contributed by atoms with Crippen LogP contribution in [-0.4, -0.2) is 15.5 Å². The van der Waals surface area contributed by atoms with Gasteiger partial charge in [0.05, 0.1) is 17.7 Å². The van der Waals surface area contributed by atoms with Crippen LogP contribution in [0.5, 0.6) is 5.75 Å². The zero-order valence-corrected chi connectivity index (χ0v) is 25.9. The van der Waals surface area contributed by atoms with Crippen LogP contribution in [0.15, 0.2) is 150 Å². The average Bonchev–Trinajstić information content (AvgIpc) is 3.04. The van der Waals surface area contributed by atoms with Crippen LogP contribution >= 0.6 is 6.04 Å². The van der Waals surface area contributed by atoms with Crippen LogP contribution in [0.2, 0.25) is 0 Å². The minimum Gasteiger partial charge on any atom is -0.497 e. The summed E-state index contributed by atoms with van der Waals surface area (Å²) in [7, 11) is -2.26. The normalized spacial score (nSPS) is 12.9. The zero-order chi connectivity index (χ0) is 29.6. The largest absolute Gasteiger partial charge is 0.497 e. The van der Waals surface area contributed by atoms with Crippen molar-refractivity contribution in [3.05, 3.63) is 162 Å². The van der Waals surface area contributed by atoms with Crippen molar-refractivity contribution in [3.63, 3.8) is 0 Å². The number of methoxy groups -OCH3 is 1. The third-order valence-corrected chi connectivity index (χ3v) is 13.8. The molecule has 0 spiro atoms. The fourth-order valence-corrected chi connectivity index (χ4v) is 10.4. The van der Waals surface area contributed by atoms with Crippen molar-refractivity contribution in [1.29, 1.82) is 0 Å². The van der Waals surface area contributed by atoms with Crippen molar-refractivity contribution in [2.45, 2.75) is 17.5 Å². The highest BCUT2D eigenvalue weighted by atomic mass is 32.4.